The maximum Gasteiger partial charge on any atom is 0.241 e. The Morgan fingerprint density at radius 1 is 1.39 bits per heavy atom. The zero-order chi connectivity index (χ0) is 12.7. The van der Waals surface area contributed by atoms with Crippen LogP contribution in [0.1, 0.15) is 46.0 Å². The van der Waals surface area contributed by atoms with Gasteiger partial charge in [0.25, 0.3) is 0 Å². The van der Waals surface area contributed by atoms with E-state index in [0.29, 0.717) is 18.1 Å². The van der Waals surface area contributed by atoms with E-state index in [4.69, 9.17) is 4.74 Å². The van der Waals surface area contributed by atoms with Crippen LogP contribution in [0.4, 0.5) is 0 Å². The molecule has 0 aromatic carbocycles. The predicted octanol–water partition coefficient (Wildman–Crippen LogP) is 1.50. The van der Waals surface area contributed by atoms with Crippen molar-refractivity contribution in [3.63, 3.8) is 0 Å². The molecule has 3 rings (SSSR count). The first-order valence-electron chi connectivity index (χ1n) is 7.42. The molecular formula is C14H24N2O2. The topological polar surface area (TPSA) is 41.6 Å². The van der Waals surface area contributed by atoms with Gasteiger partial charge in [-0.25, -0.2) is 0 Å². The van der Waals surface area contributed by atoms with Crippen molar-refractivity contribution >= 4 is 5.91 Å². The Balaban J connectivity index is 1.76. The lowest BCUT2D eigenvalue weighted by Crippen LogP contribution is -2.48. The zero-order valence-corrected chi connectivity index (χ0v) is 11.4. The highest BCUT2D eigenvalue weighted by Gasteiger charge is 2.49. The maximum atomic E-state index is 12.4. The summed E-state index contributed by atoms with van der Waals surface area (Å²) < 4.78 is 5.89. The van der Waals surface area contributed by atoms with Crippen LogP contribution in [-0.2, 0) is 9.53 Å². The minimum atomic E-state index is -0.0259. The normalized spacial score (nSPS) is 40.8. The van der Waals surface area contributed by atoms with Crippen molar-refractivity contribution in [3.8, 4) is 0 Å². The third kappa shape index (κ3) is 2.05. The van der Waals surface area contributed by atoms with Crippen LogP contribution in [0.15, 0.2) is 0 Å². The predicted molar refractivity (Wildman–Crippen MR) is 69.0 cm³/mol. The fourth-order valence-electron chi connectivity index (χ4n) is 3.48. The van der Waals surface area contributed by atoms with Crippen LogP contribution < -0.4 is 5.32 Å². The second-order valence-corrected chi connectivity index (χ2v) is 5.97. The lowest BCUT2D eigenvalue weighted by atomic mass is 10.0. The number of ether oxygens (including phenoxy) is 1. The summed E-state index contributed by atoms with van der Waals surface area (Å²) in [5, 5.41) is 3.43. The average molecular weight is 252 g/mol. The molecule has 4 nitrogen and oxygen atoms in total. The van der Waals surface area contributed by atoms with Gasteiger partial charge in [-0.2, -0.15) is 0 Å². The van der Waals surface area contributed by atoms with Crippen LogP contribution in [0.5, 0.6) is 0 Å². The molecule has 2 aliphatic heterocycles. The van der Waals surface area contributed by atoms with E-state index in [1.807, 2.05) is 6.92 Å². The van der Waals surface area contributed by atoms with Gasteiger partial charge in [-0.05, 0) is 38.5 Å². The summed E-state index contributed by atoms with van der Waals surface area (Å²) in [7, 11) is 0. The molecule has 0 spiro atoms. The quantitative estimate of drug-likeness (QED) is 0.824. The van der Waals surface area contributed by atoms with Crippen molar-refractivity contribution in [2.75, 3.05) is 6.61 Å². The van der Waals surface area contributed by atoms with Gasteiger partial charge < -0.3 is 9.64 Å². The van der Waals surface area contributed by atoms with Gasteiger partial charge in [0.1, 0.15) is 0 Å². The Morgan fingerprint density at radius 2 is 2.17 bits per heavy atom. The third-order valence-corrected chi connectivity index (χ3v) is 4.51. The van der Waals surface area contributed by atoms with E-state index in [-0.39, 0.29) is 18.1 Å². The minimum absolute atomic E-state index is 0.0259. The van der Waals surface area contributed by atoms with Gasteiger partial charge in [0.15, 0.2) is 0 Å². The van der Waals surface area contributed by atoms with Crippen LogP contribution in [-0.4, -0.2) is 41.8 Å². The summed E-state index contributed by atoms with van der Waals surface area (Å²) in [5.74, 6) is 0.984. The molecule has 3 aliphatic rings. The number of amides is 1. The number of carbonyl (C=O) groups is 1. The molecule has 2 heterocycles. The highest BCUT2D eigenvalue weighted by molar-refractivity contribution is 5.84. The fraction of sp³-hybridized carbons (Fsp3) is 0.929. The maximum absolute atomic E-state index is 12.4. The van der Waals surface area contributed by atoms with Crippen molar-refractivity contribution in [1.29, 1.82) is 0 Å². The standard InChI is InChI=1S/C14H24N2O2/c1-3-4-12-15-9(2)14(17)16(12)11-7-8-18-13(11)10-5-6-10/h9-13,15H,3-8H2,1-2H3. The Morgan fingerprint density at radius 3 is 2.83 bits per heavy atom. The van der Waals surface area contributed by atoms with E-state index >= 15 is 0 Å². The molecular weight excluding hydrogens is 228 g/mol. The number of carbonyl (C=O) groups excluding carboxylic acids is 1. The lowest BCUT2D eigenvalue weighted by molar-refractivity contribution is -0.133. The lowest BCUT2D eigenvalue weighted by Gasteiger charge is -2.33. The molecule has 4 unspecified atom stereocenters. The monoisotopic (exact) mass is 252 g/mol. The van der Waals surface area contributed by atoms with E-state index in [0.717, 1.165) is 25.9 Å². The smallest absolute Gasteiger partial charge is 0.241 e. The molecule has 2 saturated heterocycles. The van der Waals surface area contributed by atoms with Gasteiger partial charge in [-0.15, -0.1) is 0 Å². The first kappa shape index (κ1) is 12.4. The molecule has 1 N–H and O–H groups in total. The van der Waals surface area contributed by atoms with E-state index in [2.05, 4.69) is 17.1 Å². The molecule has 0 aromatic rings. The summed E-state index contributed by atoms with van der Waals surface area (Å²) in [5.41, 5.74) is 0. The molecule has 102 valence electrons. The van der Waals surface area contributed by atoms with Crippen molar-refractivity contribution in [2.24, 2.45) is 5.92 Å². The summed E-state index contributed by atoms with van der Waals surface area (Å²) in [6.45, 7) is 4.98. The van der Waals surface area contributed by atoms with Crippen molar-refractivity contribution < 1.29 is 9.53 Å². The van der Waals surface area contributed by atoms with Gasteiger partial charge in [-0.3, -0.25) is 10.1 Å². The number of hydrogen-bond acceptors (Lipinski definition) is 3. The summed E-state index contributed by atoms with van der Waals surface area (Å²) in [6.07, 6.45) is 6.27. The Hall–Kier alpha value is -0.610. The number of rotatable bonds is 4. The van der Waals surface area contributed by atoms with Crippen LogP contribution in [0.25, 0.3) is 0 Å². The molecule has 0 aromatic heterocycles. The second-order valence-electron chi connectivity index (χ2n) is 5.97. The Labute approximate surface area is 109 Å². The van der Waals surface area contributed by atoms with Crippen molar-refractivity contribution in [2.45, 2.75) is 70.3 Å². The largest absolute Gasteiger partial charge is 0.376 e. The molecule has 18 heavy (non-hydrogen) atoms. The first-order valence-corrected chi connectivity index (χ1v) is 7.42. The molecule has 3 fully saturated rings. The number of nitrogens with zero attached hydrogens (tertiary/aromatic N) is 1. The average Bonchev–Trinajstić information content (AvgIpc) is 3.02. The molecule has 1 amide bonds. The van der Waals surface area contributed by atoms with E-state index < -0.39 is 0 Å². The van der Waals surface area contributed by atoms with Crippen LogP contribution in [0.3, 0.4) is 0 Å². The minimum Gasteiger partial charge on any atom is -0.376 e. The summed E-state index contributed by atoms with van der Waals surface area (Å²) in [4.78, 5) is 14.5. The summed E-state index contributed by atoms with van der Waals surface area (Å²) >= 11 is 0. The zero-order valence-electron chi connectivity index (χ0n) is 11.4. The molecule has 1 saturated carbocycles. The van der Waals surface area contributed by atoms with E-state index in [1.165, 1.54) is 12.8 Å². The van der Waals surface area contributed by atoms with Crippen LogP contribution in [0.2, 0.25) is 0 Å². The number of hydrogen-bond donors (Lipinski definition) is 1. The van der Waals surface area contributed by atoms with Gasteiger partial charge in [0.2, 0.25) is 5.91 Å². The van der Waals surface area contributed by atoms with Gasteiger partial charge in [-0.1, -0.05) is 13.3 Å². The fourth-order valence-corrected chi connectivity index (χ4v) is 3.48. The van der Waals surface area contributed by atoms with Gasteiger partial charge >= 0.3 is 0 Å². The molecule has 1 aliphatic carbocycles. The SMILES string of the molecule is CCCC1NC(C)C(=O)N1C1CCOC1C1CC1. The summed E-state index contributed by atoms with van der Waals surface area (Å²) in [6, 6.07) is 0.293. The van der Waals surface area contributed by atoms with Crippen LogP contribution >= 0.6 is 0 Å². The number of nitrogens with one attached hydrogen (secondary N) is 1. The first-order chi connectivity index (χ1) is 8.72. The Kier molecular flexibility index (Phi) is 3.32. The molecule has 0 radical (unpaired) electrons. The second kappa shape index (κ2) is 4.82. The van der Waals surface area contributed by atoms with E-state index in [9.17, 15) is 4.79 Å². The van der Waals surface area contributed by atoms with Gasteiger partial charge in [0, 0.05) is 6.61 Å². The molecule has 0 bridgehead atoms. The van der Waals surface area contributed by atoms with Crippen LogP contribution in [0, 0.1) is 5.92 Å². The molecule has 4 heteroatoms. The molecule has 4 atom stereocenters. The highest BCUT2D eigenvalue weighted by Crippen LogP contribution is 2.41. The van der Waals surface area contributed by atoms with Crippen molar-refractivity contribution in [3.05, 3.63) is 0 Å². The van der Waals surface area contributed by atoms with Gasteiger partial charge in [0.05, 0.1) is 24.4 Å². The van der Waals surface area contributed by atoms with E-state index in [1.54, 1.807) is 0 Å². The third-order valence-electron chi connectivity index (χ3n) is 4.51. The van der Waals surface area contributed by atoms with Crippen molar-refractivity contribution in [1.82, 2.24) is 10.2 Å². The Bertz CT molecular complexity index is 330. The highest BCUT2D eigenvalue weighted by atomic mass is 16.5.